The number of fused-ring (bicyclic) bond motifs is 15. The van der Waals surface area contributed by atoms with E-state index in [2.05, 4.69) is 253 Å². The first-order chi connectivity index (χ1) is 33.7. The summed E-state index contributed by atoms with van der Waals surface area (Å²) in [6.45, 7) is 0. The number of hydrogen-bond donors (Lipinski definition) is 0. The fourth-order valence-corrected chi connectivity index (χ4v) is 11.3. The molecule has 0 radical (unpaired) electrons. The van der Waals surface area contributed by atoms with Crippen LogP contribution in [-0.4, -0.2) is 32.9 Å². The van der Waals surface area contributed by atoms with Crippen molar-refractivity contribution in [2.24, 2.45) is 7.05 Å². The summed E-state index contributed by atoms with van der Waals surface area (Å²) >= 11 is 0. The smallest absolute Gasteiger partial charge is 0.309 e. The molecule has 318 valence electrons. The monoisotopic (exact) mass is 871 g/mol. The lowest BCUT2D eigenvalue weighted by Crippen LogP contribution is -2.44. The van der Waals surface area contributed by atoms with Crippen LogP contribution < -0.4 is 4.68 Å². The van der Waals surface area contributed by atoms with Crippen LogP contribution in [0.15, 0.2) is 219 Å². The average Bonchev–Trinajstić information content (AvgIpc) is 4.19. The molecule has 15 aromatic rings. The van der Waals surface area contributed by atoms with Gasteiger partial charge in [0.2, 0.25) is 5.95 Å². The molecule has 0 fully saturated rings. The summed E-state index contributed by atoms with van der Waals surface area (Å²) in [5.74, 6) is 1.57. The number of aromatic nitrogens is 8. The molecule has 0 saturated heterocycles. The molecule has 0 aliphatic carbocycles. The van der Waals surface area contributed by atoms with Crippen LogP contribution in [0.1, 0.15) is 0 Å². The zero-order chi connectivity index (χ0) is 44.6. The van der Waals surface area contributed by atoms with Gasteiger partial charge < -0.3 is 13.7 Å². The molecule has 0 saturated carbocycles. The third-order valence-electron chi connectivity index (χ3n) is 14.2. The van der Waals surface area contributed by atoms with E-state index in [1.165, 1.54) is 43.1 Å². The lowest BCUT2D eigenvalue weighted by atomic mass is 10.1. The van der Waals surface area contributed by atoms with E-state index in [-0.39, 0.29) is 0 Å². The van der Waals surface area contributed by atoms with Crippen molar-refractivity contribution in [3.8, 4) is 28.7 Å². The highest BCUT2D eigenvalue weighted by Crippen LogP contribution is 2.43. The third kappa shape index (κ3) is 4.95. The van der Waals surface area contributed by atoms with Gasteiger partial charge >= 0.3 is 5.82 Å². The van der Waals surface area contributed by atoms with Crippen molar-refractivity contribution in [3.63, 3.8) is 0 Å². The molecule has 8 heteroatoms. The number of nitrogens with zero attached hydrogens (tertiary/aromatic N) is 8. The highest BCUT2D eigenvalue weighted by atomic mass is 15.5. The Morgan fingerprint density at radius 2 is 0.809 bits per heavy atom. The molecule has 0 spiro atoms. The fourth-order valence-electron chi connectivity index (χ4n) is 11.3. The zero-order valence-corrected chi connectivity index (χ0v) is 36.9. The molecule has 0 atom stereocenters. The second-order valence-electron chi connectivity index (χ2n) is 17.7. The SMILES string of the molecule is Cn1c(-n2c3ccccc3c3ccc4c(c5ccccc5n4-c4ccccc4)c32)nc2nc(-c3ccccc3)[n+](-n3c4ccccc4c4ccc5c(c6ccccc6n5-c5ccccc5)c43)cc21. The molecule has 0 aliphatic rings. The molecule has 8 nitrogen and oxygen atoms in total. The summed E-state index contributed by atoms with van der Waals surface area (Å²) < 4.78 is 14.0. The summed E-state index contributed by atoms with van der Waals surface area (Å²) in [5.41, 5.74) is 13.8. The quantitative estimate of drug-likeness (QED) is 0.162. The Bertz CT molecular complexity index is 4550. The van der Waals surface area contributed by atoms with Crippen molar-refractivity contribution in [1.29, 1.82) is 0 Å². The van der Waals surface area contributed by atoms with Crippen LogP contribution in [-0.2, 0) is 7.05 Å². The summed E-state index contributed by atoms with van der Waals surface area (Å²) in [7, 11) is 2.13. The molecule has 9 aromatic carbocycles. The van der Waals surface area contributed by atoms with E-state index in [1.807, 2.05) is 0 Å². The Kier molecular flexibility index (Phi) is 7.55. The van der Waals surface area contributed by atoms with E-state index >= 15 is 0 Å². The van der Waals surface area contributed by atoms with E-state index < -0.39 is 0 Å². The molecule has 0 bridgehead atoms. The van der Waals surface area contributed by atoms with E-state index in [0.717, 1.165) is 78.4 Å². The molecule has 6 heterocycles. The van der Waals surface area contributed by atoms with E-state index in [0.29, 0.717) is 5.65 Å². The Balaban J connectivity index is 1.07. The van der Waals surface area contributed by atoms with Crippen molar-refractivity contribution in [1.82, 2.24) is 32.9 Å². The number of hydrogen-bond acceptors (Lipinski definition) is 2. The van der Waals surface area contributed by atoms with Gasteiger partial charge in [-0.1, -0.05) is 133 Å². The van der Waals surface area contributed by atoms with Gasteiger partial charge in [-0.05, 0) is 83.8 Å². The van der Waals surface area contributed by atoms with Crippen LogP contribution in [0.5, 0.6) is 0 Å². The van der Waals surface area contributed by atoms with Crippen molar-refractivity contribution in [3.05, 3.63) is 219 Å². The Labute approximate surface area is 388 Å². The van der Waals surface area contributed by atoms with Gasteiger partial charge in [0.05, 0.1) is 44.2 Å². The molecule has 0 aliphatic heterocycles. The summed E-state index contributed by atoms with van der Waals surface area (Å²) in [4.78, 5) is 11.2. The second kappa shape index (κ2) is 13.9. The lowest BCUT2D eigenvalue weighted by molar-refractivity contribution is -0.711. The maximum atomic E-state index is 5.61. The number of para-hydroxylation sites is 6. The van der Waals surface area contributed by atoms with Crippen LogP contribution in [0.25, 0.3) is 127 Å². The average molecular weight is 872 g/mol. The highest BCUT2D eigenvalue weighted by molar-refractivity contribution is 6.27. The second-order valence-corrected chi connectivity index (χ2v) is 17.7. The lowest BCUT2D eigenvalue weighted by Gasteiger charge is -2.11. The van der Waals surface area contributed by atoms with Gasteiger partial charge in [0, 0.05) is 61.5 Å². The van der Waals surface area contributed by atoms with Gasteiger partial charge in [0.25, 0.3) is 5.65 Å². The topological polar surface area (TPSA) is 54.3 Å². The zero-order valence-electron chi connectivity index (χ0n) is 36.9. The predicted octanol–water partition coefficient (Wildman–Crippen LogP) is 13.6. The first-order valence-corrected chi connectivity index (χ1v) is 23.1. The first kappa shape index (κ1) is 37.0. The van der Waals surface area contributed by atoms with Gasteiger partial charge in [0.15, 0.2) is 5.52 Å². The number of benzene rings is 9. The molecule has 0 N–H and O–H groups in total. The van der Waals surface area contributed by atoms with E-state index in [1.54, 1.807) is 0 Å². The minimum atomic E-state index is 0.661. The van der Waals surface area contributed by atoms with Crippen LogP contribution in [0.4, 0.5) is 0 Å². The van der Waals surface area contributed by atoms with Gasteiger partial charge in [0.1, 0.15) is 11.7 Å². The van der Waals surface area contributed by atoms with E-state index in [9.17, 15) is 0 Å². The minimum absolute atomic E-state index is 0.661. The minimum Gasteiger partial charge on any atom is -0.309 e. The van der Waals surface area contributed by atoms with Gasteiger partial charge in [-0.15, -0.1) is 4.68 Å². The molecule has 6 aromatic heterocycles. The van der Waals surface area contributed by atoms with Gasteiger partial charge in [-0.25, -0.2) is 0 Å². The summed E-state index contributed by atoms with van der Waals surface area (Å²) in [5, 5.41) is 9.42. The van der Waals surface area contributed by atoms with E-state index in [4.69, 9.17) is 9.97 Å². The normalized spacial score (nSPS) is 12.2. The Hall–Kier alpha value is -9.27. The van der Waals surface area contributed by atoms with Crippen molar-refractivity contribution in [2.45, 2.75) is 0 Å². The molecular weight excluding hydrogens is 833 g/mol. The summed E-state index contributed by atoms with van der Waals surface area (Å²) in [6, 6.07) is 76.0. The maximum absolute atomic E-state index is 5.61. The van der Waals surface area contributed by atoms with Gasteiger partial charge in [-0.3, -0.25) is 4.57 Å². The van der Waals surface area contributed by atoms with Crippen LogP contribution in [0, 0.1) is 0 Å². The highest BCUT2D eigenvalue weighted by Gasteiger charge is 2.30. The first-order valence-electron chi connectivity index (χ1n) is 23.1. The standard InChI is InChI=1S/C60H39N8/c1-63-53-37-64(68-50-32-18-12-26-42(50)44-34-36-52-55(57(44)68)46-28-14-17-31-49(46)66(52)40-23-9-4-10-24-40)59(38-19-5-2-6-20-38)61-58(53)62-60(63)67-47-29-15-11-25-41(47)43-33-35-51-54(56(43)67)45-27-13-16-30-48(45)65(51)39-21-7-3-8-22-39/h2-37H,1H3/q+1. The van der Waals surface area contributed by atoms with Crippen LogP contribution in [0.2, 0.25) is 0 Å². The molecule has 15 rings (SSSR count). The molecular formula is C60H39N8+. The van der Waals surface area contributed by atoms with Crippen molar-refractivity contribution >= 4 is 98.4 Å². The predicted molar refractivity (Wildman–Crippen MR) is 277 cm³/mol. The Morgan fingerprint density at radius 3 is 1.40 bits per heavy atom. The number of aryl methyl sites for hydroxylation is 1. The molecule has 68 heavy (non-hydrogen) atoms. The number of rotatable bonds is 5. The summed E-state index contributed by atoms with van der Waals surface area (Å²) in [6.07, 6.45) is 2.24. The van der Waals surface area contributed by atoms with Crippen LogP contribution in [0.3, 0.4) is 0 Å². The maximum Gasteiger partial charge on any atom is 0.356 e. The number of imidazole rings is 1. The molecule has 0 amide bonds. The van der Waals surface area contributed by atoms with Crippen molar-refractivity contribution in [2.75, 3.05) is 0 Å². The third-order valence-corrected chi connectivity index (χ3v) is 14.2. The van der Waals surface area contributed by atoms with Gasteiger partial charge in [-0.2, -0.15) is 9.66 Å². The fraction of sp³-hybridized carbons (Fsp3) is 0.0167. The van der Waals surface area contributed by atoms with Crippen molar-refractivity contribution < 1.29 is 4.68 Å². The van der Waals surface area contributed by atoms with Crippen LogP contribution >= 0.6 is 0 Å². The largest absolute Gasteiger partial charge is 0.356 e. The Morgan fingerprint density at radius 1 is 0.353 bits per heavy atom. The molecule has 0 unspecified atom stereocenters.